The summed E-state index contributed by atoms with van der Waals surface area (Å²) in [5.74, 6) is 0.111. The normalized spacial score (nSPS) is 15.6. The van der Waals surface area contributed by atoms with E-state index in [4.69, 9.17) is 9.84 Å². The molecule has 2 rings (SSSR count). The molecule has 0 radical (unpaired) electrons. The van der Waals surface area contributed by atoms with Crippen molar-refractivity contribution in [2.45, 2.75) is 18.7 Å². The van der Waals surface area contributed by atoms with E-state index in [0.717, 1.165) is 29.4 Å². The average molecular weight is 301 g/mol. The van der Waals surface area contributed by atoms with Crippen LogP contribution in [0.2, 0.25) is 0 Å². The zero-order valence-electron chi connectivity index (χ0n) is 11.0. The Morgan fingerprint density at radius 3 is 2.95 bits per heavy atom. The summed E-state index contributed by atoms with van der Waals surface area (Å²) >= 11 is 0. The standard InChI is InChI=1S/C14H14F3NO3/c15-14(16,17)12(19)8-18-13(20)4-2-9-1-3-11-10(7-9)5-6-21-11/h1-4,7,12,19H,5-6,8H2,(H,18,20)/b4-2+. The number of ether oxygens (including phenoxy) is 1. The molecule has 0 fully saturated rings. The minimum absolute atomic E-state index is 0.623. The largest absolute Gasteiger partial charge is 0.493 e. The maximum Gasteiger partial charge on any atom is 0.416 e. The van der Waals surface area contributed by atoms with Crippen molar-refractivity contribution in [3.8, 4) is 5.75 Å². The quantitative estimate of drug-likeness (QED) is 0.832. The van der Waals surface area contributed by atoms with Crippen LogP contribution >= 0.6 is 0 Å². The molecule has 0 aliphatic carbocycles. The van der Waals surface area contributed by atoms with E-state index >= 15 is 0 Å². The maximum absolute atomic E-state index is 12.0. The van der Waals surface area contributed by atoms with Crippen LogP contribution < -0.4 is 10.1 Å². The van der Waals surface area contributed by atoms with Crippen LogP contribution in [0.5, 0.6) is 5.75 Å². The van der Waals surface area contributed by atoms with Gasteiger partial charge in [0.2, 0.25) is 5.91 Å². The molecule has 0 bridgehead atoms. The highest BCUT2D eigenvalue weighted by atomic mass is 19.4. The number of fused-ring (bicyclic) bond motifs is 1. The summed E-state index contributed by atoms with van der Waals surface area (Å²) in [7, 11) is 0. The fourth-order valence-corrected chi connectivity index (χ4v) is 1.85. The van der Waals surface area contributed by atoms with Crippen LogP contribution in [0, 0.1) is 0 Å². The number of carbonyl (C=O) groups is 1. The summed E-state index contributed by atoms with van der Waals surface area (Å²) in [5, 5.41) is 10.7. The molecule has 1 aliphatic rings. The Kier molecular flexibility index (Phi) is 4.52. The monoisotopic (exact) mass is 301 g/mol. The molecule has 0 aromatic heterocycles. The summed E-state index contributed by atoms with van der Waals surface area (Å²) in [6.45, 7) is -0.247. The van der Waals surface area contributed by atoms with Gasteiger partial charge in [-0.25, -0.2) is 0 Å². The number of carbonyl (C=O) groups excluding carboxylic acids is 1. The number of alkyl halides is 3. The highest BCUT2D eigenvalue weighted by Gasteiger charge is 2.38. The van der Waals surface area contributed by atoms with Gasteiger partial charge in [-0.3, -0.25) is 4.79 Å². The first-order chi connectivity index (χ1) is 9.86. The van der Waals surface area contributed by atoms with Crippen LogP contribution in [-0.2, 0) is 11.2 Å². The molecule has 2 N–H and O–H groups in total. The number of amides is 1. The lowest BCUT2D eigenvalue weighted by Gasteiger charge is -2.14. The minimum Gasteiger partial charge on any atom is -0.493 e. The van der Waals surface area contributed by atoms with Gasteiger partial charge in [-0.2, -0.15) is 13.2 Å². The van der Waals surface area contributed by atoms with E-state index in [1.165, 1.54) is 6.08 Å². The molecule has 114 valence electrons. The van der Waals surface area contributed by atoms with Crippen molar-refractivity contribution >= 4 is 12.0 Å². The highest BCUT2D eigenvalue weighted by Crippen LogP contribution is 2.26. The van der Waals surface area contributed by atoms with Crippen molar-refractivity contribution in [1.82, 2.24) is 5.32 Å². The summed E-state index contributed by atoms with van der Waals surface area (Å²) < 4.78 is 41.5. The predicted molar refractivity (Wildman–Crippen MR) is 69.7 cm³/mol. The van der Waals surface area contributed by atoms with Crippen molar-refractivity contribution in [2.24, 2.45) is 0 Å². The number of hydrogen-bond acceptors (Lipinski definition) is 3. The van der Waals surface area contributed by atoms with Crippen molar-refractivity contribution in [2.75, 3.05) is 13.2 Å². The lowest BCUT2D eigenvalue weighted by molar-refractivity contribution is -0.201. The number of aliphatic hydroxyl groups excluding tert-OH is 1. The van der Waals surface area contributed by atoms with Gasteiger partial charge in [-0.15, -0.1) is 0 Å². The summed E-state index contributed by atoms with van der Waals surface area (Å²) in [6, 6.07) is 5.39. The Bertz CT molecular complexity index is 555. The number of halogens is 3. The molecule has 4 nitrogen and oxygen atoms in total. The third kappa shape index (κ3) is 4.22. The van der Waals surface area contributed by atoms with E-state index in [1.807, 2.05) is 11.4 Å². The average Bonchev–Trinajstić information content (AvgIpc) is 2.88. The van der Waals surface area contributed by atoms with Crippen LogP contribution in [0.3, 0.4) is 0 Å². The fraction of sp³-hybridized carbons (Fsp3) is 0.357. The van der Waals surface area contributed by atoms with Gasteiger partial charge >= 0.3 is 6.18 Å². The van der Waals surface area contributed by atoms with E-state index in [2.05, 4.69) is 0 Å². The Labute approximate surface area is 119 Å². The van der Waals surface area contributed by atoms with Crippen molar-refractivity contribution in [1.29, 1.82) is 0 Å². The maximum atomic E-state index is 12.0. The summed E-state index contributed by atoms with van der Waals surface area (Å²) in [4.78, 5) is 11.4. The van der Waals surface area contributed by atoms with Gasteiger partial charge in [0.05, 0.1) is 13.2 Å². The lowest BCUT2D eigenvalue weighted by atomic mass is 10.1. The Balaban J connectivity index is 1.88. The molecule has 1 aromatic carbocycles. The van der Waals surface area contributed by atoms with Crippen molar-refractivity contribution in [3.63, 3.8) is 0 Å². The van der Waals surface area contributed by atoms with Gasteiger partial charge in [0.15, 0.2) is 6.10 Å². The molecule has 1 heterocycles. The minimum atomic E-state index is -4.74. The van der Waals surface area contributed by atoms with Crippen LogP contribution in [-0.4, -0.2) is 36.4 Å². The third-order valence-electron chi connectivity index (χ3n) is 2.99. The molecular formula is C14H14F3NO3. The van der Waals surface area contributed by atoms with Gasteiger partial charge in [-0.1, -0.05) is 6.07 Å². The number of benzene rings is 1. The van der Waals surface area contributed by atoms with E-state index in [0.29, 0.717) is 6.61 Å². The second-order valence-electron chi connectivity index (χ2n) is 4.60. The van der Waals surface area contributed by atoms with Crippen molar-refractivity contribution < 1.29 is 27.8 Å². The predicted octanol–water partition coefficient (Wildman–Crippen LogP) is 1.67. The van der Waals surface area contributed by atoms with Crippen molar-refractivity contribution in [3.05, 3.63) is 35.4 Å². The SMILES string of the molecule is O=C(/C=C/c1ccc2c(c1)CCO2)NCC(O)C(F)(F)F. The molecule has 1 atom stereocenters. The zero-order valence-corrected chi connectivity index (χ0v) is 11.0. The molecule has 1 aliphatic heterocycles. The first kappa shape index (κ1) is 15.4. The summed E-state index contributed by atoms with van der Waals surface area (Å²) in [5.41, 5.74) is 1.79. The third-order valence-corrected chi connectivity index (χ3v) is 2.99. The molecule has 1 unspecified atom stereocenters. The topological polar surface area (TPSA) is 58.6 Å². The number of nitrogens with one attached hydrogen (secondary N) is 1. The zero-order chi connectivity index (χ0) is 15.5. The second kappa shape index (κ2) is 6.17. The first-order valence-electron chi connectivity index (χ1n) is 6.32. The van der Waals surface area contributed by atoms with Crippen LogP contribution in [0.4, 0.5) is 13.2 Å². The summed E-state index contributed by atoms with van der Waals surface area (Å²) in [6.07, 6.45) is -3.89. The molecule has 21 heavy (non-hydrogen) atoms. The van der Waals surface area contributed by atoms with E-state index in [-0.39, 0.29) is 0 Å². The Morgan fingerprint density at radius 1 is 1.48 bits per heavy atom. The van der Waals surface area contributed by atoms with Gasteiger partial charge < -0.3 is 15.2 Å². The van der Waals surface area contributed by atoms with E-state index in [9.17, 15) is 18.0 Å². The number of hydrogen-bond donors (Lipinski definition) is 2. The second-order valence-corrected chi connectivity index (χ2v) is 4.60. The van der Waals surface area contributed by atoms with Gasteiger partial charge in [-0.05, 0) is 29.3 Å². The fourth-order valence-electron chi connectivity index (χ4n) is 1.85. The van der Waals surface area contributed by atoms with E-state index in [1.54, 1.807) is 12.1 Å². The first-order valence-corrected chi connectivity index (χ1v) is 6.32. The molecule has 0 saturated heterocycles. The lowest BCUT2D eigenvalue weighted by Crippen LogP contribution is -2.40. The molecule has 7 heteroatoms. The Hall–Kier alpha value is -2.02. The molecule has 1 aromatic rings. The van der Waals surface area contributed by atoms with Gasteiger partial charge in [0.1, 0.15) is 5.75 Å². The number of rotatable bonds is 4. The Morgan fingerprint density at radius 2 is 2.24 bits per heavy atom. The smallest absolute Gasteiger partial charge is 0.416 e. The molecule has 0 spiro atoms. The van der Waals surface area contributed by atoms with Crippen LogP contribution in [0.25, 0.3) is 6.08 Å². The van der Waals surface area contributed by atoms with E-state index < -0.39 is 24.7 Å². The van der Waals surface area contributed by atoms with Crippen LogP contribution in [0.15, 0.2) is 24.3 Å². The van der Waals surface area contributed by atoms with Crippen LogP contribution in [0.1, 0.15) is 11.1 Å². The highest BCUT2D eigenvalue weighted by molar-refractivity contribution is 5.91. The molecule has 1 amide bonds. The number of aliphatic hydroxyl groups is 1. The van der Waals surface area contributed by atoms with Gasteiger partial charge in [0, 0.05) is 12.5 Å². The molecule has 0 saturated carbocycles. The van der Waals surface area contributed by atoms with Gasteiger partial charge in [0.25, 0.3) is 0 Å². The molecular weight excluding hydrogens is 287 g/mol.